The van der Waals surface area contributed by atoms with Crippen molar-refractivity contribution >= 4 is 43.6 Å². The smallest absolute Gasteiger partial charge is 0.207 e. The highest BCUT2D eigenvalue weighted by atomic mass is 32.1. The zero-order valence-corrected chi connectivity index (χ0v) is 15.9. The molecule has 0 bridgehead atoms. The van der Waals surface area contributed by atoms with Gasteiger partial charge in [-0.2, -0.15) is 0 Å². The molecule has 6 heteroatoms. The van der Waals surface area contributed by atoms with E-state index in [1.54, 1.807) is 11.3 Å². The summed E-state index contributed by atoms with van der Waals surface area (Å²) in [5, 5.41) is 7.58. The van der Waals surface area contributed by atoms with Crippen molar-refractivity contribution in [3.05, 3.63) is 52.2 Å². The fraction of sp³-hybridized carbons (Fsp3) is 0.300. The normalized spacial score (nSPS) is 11.2. The van der Waals surface area contributed by atoms with Crippen molar-refractivity contribution in [1.82, 2.24) is 10.2 Å². The van der Waals surface area contributed by atoms with Crippen LogP contribution in [0.5, 0.6) is 0 Å². The predicted octanol–water partition coefficient (Wildman–Crippen LogP) is 3.02. The van der Waals surface area contributed by atoms with Gasteiger partial charge in [0.05, 0.1) is 5.39 Å². The van der Waals surface area contributed by atoms with Gasteiger partial charge in [0.1, 0.15) is 0 Å². The Bertz CT molecular complexity index is 982. The van der Waals surface area contributed by atoms with E-state index in [0.717, 1.165) is 45.5 Å². The summed E-state index contributed by atoms with van der Waals surface area (Å²) in [6, 6.07) is 11.6. The van der Waals surface area contributed by atoms with E-state index < -0.39 is 0 Å². The molecule has 2 N–H and O–H groups in total. The largest absolute Gasteiger partial charge is 0.384 e. The highest BCUT2D eigenvalue weighted by molar-refractivity contribution is 7.24. The molecule has 0 radical (unpaired) electrons. The van der Waals surface area contributed by atoms with Gasteiger partial charge in [0.25, 0.3) is 0 Å². The molecule has 3 aromatic rings. The number of hydrogen-bond acceptors (Lipinski definition) is 5. The number of anilines is 1. The van der Waals surface area contributed by atoms with Crippen LogP contribution in [-0.4, -0.2) is 38.5 Å². The monoisotopic (exact) mass is 369 g/mol. The second-order valence-corrected chi connectivity index (χ2v) is 7.54. The molecule has 26 heavy (non-hydrogen) atoms. The lowest BCUT2D eigenvalue weighted by Crippen LogP contribution is -2.17. The SMILES string of the molecule is CN(C)CCCNc1ccc(CNC=O)c2sc3ccccc3c(=O)c12. The molecule has 136 valence electrons. The molecule has 3 rings (SSSR count). The minimum absolute atomic E-state index is 0.0393. The highest BCUT2D eigenvalue weighted by Gasteiger charge is 2.13. The van der Waals surface area contributed by atoms with Gasteiger partial charge in [0.2, 0.25) is 6.41 Å². The molecule has 0 aliphatic heterocycles. The molecule has 5 nitrogen and oxygen atoms in total. The molecule has 0 atom stereocenters. The standard InChI is InChI=1S/C20H23N3O2S/c1-23(2)11-5-10-22-16-9-8-14(12-21-13-24)20-18(16)19(25)15-6-3-4-7-17(15)26-20/h3-4,6-9,13,22H,5,10-12H2,1-2H3,(H,21,24). The molecule has 0 saturated carbocycles. The van der Waals surface area contributed by atoms with Crippen LogP contribution in [0.1, 0.15) is 12.0 Å². The van der Waals surface area contributed by atoms with Crippen molar-refractivity contribution in [3.63, 3.8) is 0 Å². The topological polar surface area (TPSA) is 61.4 Å². The number of rotatable bonds is 8. The molecular weight excluding hydrogens is 346 g/mol. The molecule has 0 unspecified atom stereocenters. The lowest BCUT2D eigenvalue weighted by Gasteiger charge is -2.14. The Hall–Kier alpha value is -2.44. The third-order valence-corrected chi connectivity index (χ3v) is 5.53. The number of amides is 1. The van der Waals surface area contributed by atoms with Crippen LogP contribution < -0.4 is 16.1 Å². The fourth-order valence-corrected chi connectivity index (χ4v) is 4.23. The molecule has 1 heterocycles. The van der Waals surface area contributed by atoms with Gasteiger partial charge >= 0.3 is 0 Å². The molecule has 1 aromatic heterocycles. The van der Waals surface area contributed by atoms with Crippen molar-refractivity contribution in [1.29, 1.82) is 0 Å². The Balaban J connectivity index is 2.09. The average molecular weight is 369 g/mol. The number of benzene rings is 2. The fourth-order valence-electron chi connectivity index (χ4n) is 3.01. The number of nitrogens with one attached hydrogen (secondary N) is 2. The van der Waals surface area contributed by atoms with Crippen LogP contribution in [0, 0.1) is 0 Å². The first-order valence-corrected chi connectivity index (χ1v) is 9.46. The summed E-state index contributed by atoms with van der Waals surface area (Å²) < 4.78 is 1.89. The number of nitrogens with zero attached hydrogens (tertiary/aromatic N) is 1. The van der Waals surface area contributed by atoms with Crippen molar-refractivity contribution in [3.8, 4) is 0 Å². The maximum absolute atomic E-state index is 13.1. The van der Waals surface area contributed by atoms with E-state index >= 15 is 0 Å². The molecule has 0 fully saturated rings. The Morgan fingerprint density at radius 2 is 1.96 bits per heavy atom. The summed E-state index contributed by atoms with van der Waals surface area (Å²) >= 11 is 1.60. The Kier molecular flexibility index (Phi) is 5.85. The maximum Gasteiger partial charge on any atom is 0.207 e. The van der Waals surface area contributed by atoms with Gasteiger partial charge in [-0.25, -0.2) is 0 Å². The van der Waals surface area contributed by atoms with Crippen LogP contribution >= 0.6 is 11.3 Å². The van der Waals surface area contributed by atoms with Crippen LogP contribution in [-0.2, 0) is 11.3 Å². The molecule has 0 aliphatic rings. The zero-order chi connectivity index (χ0) is 18.5. The minimum Gasteiger partial charge on any atom is -0.384 e. The van der Waals surface area contributed by atoms with Gasteiger partial charge in [-0.1, -0.05) is 18.2 Å². The summed E-state index contributed by atoms with van der Waals surface area (Å²) in [6.45, 7) is 2.20. The zero-order valence-electron chi connectivity index (χ0n) is 15.0. The molecule has 0 aliphatic carbocycles. The van der Waals surface area contributed by atoms with Gasteiger partial charge in [-0.15, -0.1) is 11.3 Å². The van der Waals surface area contributed by atoms with E-state index in [4.69, 9.17) is 0 Å². The van der Waals surface area contributed by atoms with E-state index in [-0.39, 0.29) is 5.43 Å². The molecule has 2 aromatic carbocycles. The molecule has 0 saturated heterocycles. The summed E-state index contributed by atoms with van der Waals surface area (Å²) in [7, 11) is 4.10. The predicted molar refractivity (Wildman–Crippen MR) is 110 cm³/mol. The van der Waals surface area contributed by atoms with E-state index in [1.807, 2.05) is 50.5 Å². The lowest BCUT2D eigenvalue weighted by molar-refractivity contribution is -0.109. The van der Waals surface area contributed by atoms with Crippen molar-refractivity contribution in [2.45, 2.75) is 13.0 Å². The minimum atomic E-state index is 0.0393. The van der Waals surface area contributed by atoms with Crippen LogP contribution in [0.3, 0.4) is 0 Å². The van der Waals surface area contributed by atoms with Crippen LogP contribution in [0.4, 0.5) is 5.69 Å². The summed E-state index contributed by atoms with van der Waals surface area (Å²) in [5.74, 6) is 0. The Labute approximate surface area is 156 Å². The Morgan fingerprint density at radius 1 is 1.15 bits per heavy atom. The summed E-state index contributed by atoms with van der Waals surface area (Å²) in [5.41, 5.74) is 1.86. The second-order valence-electron chi connectivity index (χ2n) is 6.49. The van der Waals surface area contributed by atoms with E-state index in [1.165, 1.54) is 0 Å². The van der Waals surface area contributed by atoms with Crippen molar-refractivity contribution in [2.24, 2.45) is 0 Å². The third-order valence-electron chi connectivity index (χ3n) is 4.28. The summed E-state index contributed by atoms with van der Waals surface area (Å²) in [4.78, 5) is 26.0. The number of fused-ring (bicyclic) bond motifs is 2. The van der Waals surface area contributed by atoms with Crippen LogP contribution in [0.25, 0.3) is 20.2 Å². The molecule has 0 spiro atoms. The van der Waals surface area contributed by atoms with Crippen molar-refractivity contribution in [2.75, 3.05) is 32.5 Å². The van der Waals surface area contributed by atoms with Crippen LogP contribution in [0.15, 0.2) is 41.2 Å². The quantitative estimate of drug-likeness (QED) is 0.364. The van der Waals surface area contributed by atoms with Crippen LogP contribution in [0.2, 0.25) is 0 Å². The molecular formula is C20H23N3O2S. The first kappa shape index (κ1) is 18.4. The third kappa shape index (κ3) is 3.86. The Morgan fingerprint density at radius 3 is 2.73 bits per heavy atom. The number of hydrogen-bond donors (Lipinski definition) is 2. The van der Waals surface area contributed by atoms with Crippen molar-refractivity contribution < 1.29 is 4.79 Å². The summed E-state index contributed by atoms with van der Waals surface area (Å²) in [6.07, 6.45) is 1.68. The van der Waals surface area contributed by atoms with E-state index in [0.29, 0.717) is 18.3 Å². The van der Waals surface area contributed by atoms with Gasteiger partial charge in [-0.05, 0) is 50.8 Å². The van der Waals surface area contributed by atoms with E-state index in [2.05, 4.69) is 15.5 Å². The highest BCUT2D eigenvalue weighted by Crippen LogP contribution is 2.32. The van der Waals surface area contributed by atoms with Gasteiger partial charge in [0.15, 0.2) is 5.43 Å². The number of carbonyl (C=O) groups is 1. The average Bonchev–Trinajstić information content (AvgIpc) is 2.64. The van der Waals surface area contributed by atoms with E-state index in [9.17, 15) is 9.59 Å². The number of carbonyl (C=O) groups excluding carboxylic acids is 1. The van der Waals surface area contributed by atoms with Gasteiger partial charge < -0.3 is 15.5 Å². The second kappa shape index (κ2) is 8.29. The maximum atomic E-state index is 13.1. The first-order valence-electron chi connectivity index (χ1n) is 8.65. The first-order chi connectivity index (χ1) is 12.6. The van der Waals surface area contributed by atoms with Gasteiger partial charge in [-0.3, -0.25) is 9.59 Å². The van der Waals surface area contributed by atoms with Gasteiger partial charge in [0, 0.05) is 33.6 Å². The lowest BCUT2D eigenvalue weighted by atomic mass is 10.1. The molecule has 1 amide bonds.